The van der Waals surface area contributed by atoms with E-state index in [4.69, 9.17) is 14.2 Å². The number of morpholine rings is 1. The molecule has 0 spiro atoms. The Morgan fingerprint density at radius 2 is 1.67 bits per heavy atom. The van der Waals surface area contributed by atoms with Crippen LogP contribution in [0.15, 0.2) is 46.3 Å². The van der Waals surface area contributed by atoms with Crippen LogP contribution < -0.4 is 9.47 Å². The summed E-state index contributed by atoms with van der Waals surface area (Å²) >= 11 is 1.21. The average molecular weight is 673 g/mol. The highest BCUT2D eigenvalue weighted by Gasteiger charge is 2.38. The van der Waals surface area contributed by atoms with E-state index in [-0.39, 0.29) is 23.5 Å². The van der Waals surface area contributed by atoms with E-state index in [2.05, 4.69) is 9.89 Å². The van der Waals surface area contributed by atoms with Gasteiger partial charge >= 0.3 is 12.4 Å². The van der Waals surface area contributed by atoms with Crippen LogP contribution in [-0.2, 0) is 33.3 Å². The van der Waals surface area contributed by atoms with Gasteiger partial charge in [0.05, 0.1) is 42.9 Å². The molecule has 3 aliphatic heterocycles. The minimum atomic E-state index is -5.03. The SMILES string of the molecule is COc1cc(C=C2SC(N3CCN(CC(=O)N4CCOCC4)CC3)=NC2=O)ccc1OCc1ccc(C(F)(F)F)cc1C(F)(F)F. The van der Waals surface area contributed by atoms with Gasteiger partial charge in [-0.1, -0.05) is 12.1 Å². The van der Waals surface area contributed by atoms with Gasteiger partial charge in [-0.05, 0) is 47.7 Å². The molecule has 0 saturated carbocycles. The van der Waals surface area contributed by atoms with Gasteiger partial charge in [0.1, 0.15) is 6.61 Å². The zero-order chi connectivity index (χ0) is 33.1. The number of hydrogen-bond acceptors (Lipinski definition) is 8. The number of thioether (sulfide) groups is 1. The summed E-state index contributed by atoms with van der Waals surface area (Å²) in [6.45, 7) is 4.41. The molecular formula is C30H30F6N4O5S. The molecule has 0 bridgehead atoms. The summed E-state index contributed by atoms with van der Waals surface area (Å²) in [6.07, 6.45) is -8.36. The molecule has 9 nitrogen and oxygen atoms in total. The first-order chi connectivity index (χ1) is 21.8. The summed E-state index contributed by atoms with van der Waals surface area (Å²) in [5.74, 6) is -0.146. The number of alkyl halides is 6. The maximum atomic E-state index is 13.5. The standard InChI is InChI=1S/C30H30F6N4O5S/c1-43-24-14-19(2-5-23(24)45-18-20-3-4-21(29(31,32)33)16-22(20)30(34,35)36)15-25-27(42)37-28(46-25)40-8-6-38(7-9-40)17-26(41)39-10-12-44-13-11-39/h2-5,14-16H,6-13,17-18H2,1H3. The van der Waals surface area contributed by atoms with E-state index in [1.54, 1.807) is 17.0 Å². The number of carbonyl (C=O) groups is 2. The van der Waals surface area contributed by atoms with E-state index in [0.29, 0.717) is 80.7 Å². The zero-order valence-electron chi connectivity index (χ0n) is 24.6. The molecule has 46 heavy (non-hydrogen) atoms. The van der Waals surface area contributed by atoms with E-state index < -0.39 is 41.6 Å². The van der Waals surface area contributed by atoms with Gasteiger partial charge in [-0.25, -0.2) is 0 Å². The number of halogens is 6. The Kier molecular flexibility index (Phi) is 10.2. The quantitative estimate of drug-likeness (QED) is 0.308. The molecule has 0 N–H and O–H groups in total. The van der Waals surface area contributed by atoms with Crippen LogP contribution >= 0.6 is 11.8 Å². The molecule has 3 heterocycles. The van der Waals surface area contributed by atoms with Gasteiger partial charge in [-0.2, -0.15) is 31.3 Å². The number of amides is 2. The zero-order valence-corrected chi connectivity index (χ0v) is 25.4. The molecule has 3 aliphatic rings. The van der Waals surface area contributed by atoms with Crippen molar-refractivity contribution in [1.29, 1.82) is 0 Å². The summed E-state index contributed by atoms with van der Waals surface area (Å²) in [5.41, 5.74) is -2.80. The fraction of sp³-hybridized carbons (Fsp3) is 0.433. The lowest BCUT2D eigenvalue weighted by molar-refractivity contribution is -0.143. The first kappa shape index (κ1) is 33.6. The van der Waals surface area contributed by atoms with Gasteiger partial charge in [0.15, 0.2) is 16.7 Å². The highest BCUT2D eigenvalue weighted by molar-refractivity contribution is 8.18. The Balaban J connectivity index is 1.19. The molecule has 0 radical (unpaired) electrons. The minimum Gasteiger partial charge on any atom is -0.493 e. The van der Waals surface area contributed by atoms with Gasteiger partial charge in [-0.3, -0.25) is 14.5 Å². The van der Waals surface area contributed by atoms with Crippen LogP contribution in [0, 0.1) is 0 Å². The molecule has 0 aliphatic carbocycles. The second-order valence-electron chi connectivity index (χ2n) is 10.6. The largest absolute Gasteiger partial charge is 0.493 e. The Labute approximate surface area is 264 Å². The van der Waals surface area contributed by atoms with Crippen LogP contribution in [0.5, 0.6) is 11.5 Å². The number of carbonyl (C=O) groups excluding carboxylic acids is 2. The van der Waals surface area contributed by atoms with Crippen LogP contribution in [0.3, 0.4) is 0 Å². The van der Waals surface area contributed by atoms with Crippen molar-refractivity contribution >= 4 is 34.8 Å². The maximum Gasteiger partial charge on any atom is 0.416 e. The van der Waals surface area contributed by atoms with Crippen LogP contribution in [0.1, 0.15) is 22.3 Å². The molecule has 0 unspecified atom stereocenters. The minimum absolute atomic E-state index is 0.0602. The first-order valence-corrected chi connectivity index (χ1v) is 15.1. The van der Waals surface area contributed by atoms with Crippen molar-refractivity contribution in [2.75, 3.05) is 66.1 Å². The van der Waals surface area contributed by atoms with Crippen molar-refractivity contribution in [2.45, 2.75) is 19.0 Å². The number of aliphatic imine (C=N–C) groups is 1. The van der Waals surface area contributed by atoms with Gasteiger partial charge in [0, 0.05) is 44.8 Å². The summed E-state index contributed by atoms with van der Waals surface area (Å²) < 4.78 is 95.7. The summed E-state index contributed by atoms with van der Waals surface area (Å²) in [7, 11) is 1.32. The van der Waals surface area contributed by atoms with E-state index in [0.717, 1.165) is 6.07 Å². The van der Waals surface area contributed by atoms with Crippen LogP contribution in [0.2, 0.25) is 0 Å². The van der Waals surface area contributed by atoms with Crippen molar-refractivity contribution < 1.29 is 50.1 Å². The molecule has 0 atom stereocenters. The number of amidine groups is 1. The van der Waals surface area contributed by atoms with E-state index in [1.807, 2.05) is 4.90 Å². The van der Waals surface area contributed by atoms with Crippen molar-refractivity contribution in [3.8, 4) is 11.5 Å². The Bertz CT molecular complexity index is 1520. The highest BCUT2D eigenvalue weighted by atomic mass is 32.2. The van der Waals surface area contributed by atoms with Gasteiger partial charge in [-0.15, -0.1) is 0 Å². The monoisotopic (exact) mass is 672 g/mol. The van der Waals surface area contributed by atoms with Crippen molar-refractivity contribution in [1.82, 2.24) is 14.7 Å². The third-order valence-corrected chi connectivity index (χ3v) is 8.63. The molecule has 0 aromatic heterocycles. The van der Waals surface area contributed by atoms with Crippen molar-refractivity contribution in [3.05, 3.63) is 63.6 Å². The molecular weight excluding hydrogens is 642 g/mol. The van der Waals surface area contributed by atoms with Crippen molar-refractivity contribution in [2.24, 2.45) is 4.99 Å². The molecule has 2 aromatic rings. The normalized spacial score (nSPS) is 19.1. The lowest BCUT2D eigenvalue weighted by Crippen LogP contribution is -2.52. The number of ether oxygens (including phenoxy) is 3. The third kappa shape index (κ3) is 8.14. The third-order valence-electron chi connectivity index (χ3n) is 7.59. The highest BCUT2D eigenvalue weighted by Crippen LogP contribution is 2.39. The van der Waals surface area contributed by atoms with Crippen molar-refractivity contribution in [3.63, 3.8) is 0 Å². The van der Waals surface area contributed by atoms with Crippen LogP contribution in [0.4, 0.5) is 26.3 Å². The number of piperazine rings is 1. The smallest absolute Gasteiger partial charge is 0.416 e. The lowest BCUT2D eigenvalue weighted by Gasteiger charge is -2.36. The molecule has 5 rings (SSSR count). The number of hydrogen-bond donors (Lipinski definition) is 0. The second kappa shape index (κ2) is 13.9. The topological polar surface area (TPSA) is 83.9 Å². The van der Waals surface area contributed by atoms with Crippen LogP contribution in [0.25, 0.3) is 6.08 Å². The van der Waals surface area contributed by atoms with E-state index in [9.17, 15) is 35.9 Å². The predicted molar refractivity (Wildman–Crippen MR) is 157 cm³/mol. The second-order valence-corrected chi connectivity index (χ2v) is 11.6. The molecule has 2 saturated heterocycles. The van der Waals surface area contributed by atoms with E-state index >= 15 is 0 Å². The summed E-state index contributed by atoms with van der Waals surface area (Å²) in [6, 6.07) is 5.90. The fourth-order valence-electron chi connectivity index (χ4n) is 5.08. The maximum absolute atomic E-state index is 13.5. The molecule has 2 amide bonds. The number of nitrogens with zero attached hydrogens (tertiary/aromatic N) is 4. The summed E-state index contributed by atoms with van der Waals surface area (Å²) in [4.78, 5) is 35.7. The molecule has 2 fully saturated rings. The van der Waals surface area contributed by atoms with E-state index in [1.165, 1.54) is 31.0 Å². The number of rotatable bonds is 7. The summed E-state index contributed by atoms with van der Waals surface area (Å²) in [5, 5.41) is 0.555. The van der Waals surface area contributed by atoms with Crippen LogP contribution in [-0.4, -0.2) is 97.8 Å². The lowest BCUT2D eigenvalue weighted by atomic mass is 10.0. The van der Waals surface area contributed by atoms with Gasteiger partial charge in [0.2, 0.25) is 5.91 Å². The predicted octanol–water partition coefficient (Wildman–Crippen LogP) is 4.76. The molecule has 16 heteroatoms. The Morgan fingerprint density at radius 3 is 2.33 bits per heavy atom. The van der Waals surface area contributed by atoms with Gasteiger partial charge < -0.3 is 24.0 Å². The Hall–Kier alpha value is -3.76. The first-order valence-electron chi connectivity index (χ1n) is 14.3. The average Bonchev–Trinajstić information content (AvgIpc) is 3.39. The molecule has 248 valence electrons. The Morgan fingerprint density at radius 1 is 0.957 bits per heavy atom. The van der Waals surface area contributed by atoms with Gasteiger partial charge in [0.25, 0.3) is 5.91 Å². The number of methoxy groups -OCH3 is 1. The number of benzene rings is 2. The fourth-order valence-corrected chi connectivity index (χ4v) is 6.04. The molecule has 2 aromatic carbocycles.